The lowest BCUT2D eigenvalue weighted by Gasteiger charge is -2.23. The smallest absolute Gasteiger partial charge is 0.0662 e. The van der Waals surface area contributed by atoms with Gasteiger partial charge in [-0.15, -0.1) is 0 Å². The predicted octanol–water partition coefficient (Wildman–Crippen LogP) is 18.9. The molecule has 0 atom stereocenters. The molecule has 0 radical (unpaired) electrons. The molecular formula is C68H56N2. The van der Waals surface area contributed by atoms with Gasteiger partial charge in [-0.25, -0.2) is 0 Å². The van der Waals surface area contributed by atoms with E-state index >= 15 is 0 Å². The maximum Gasteiger partial charge on any atom is 0.0662 e. The molecule has 338 valence electrons. The highest BCUT2D eigenvalue weighted by molar-refractivity contribution is 6.24. The van der Waals surface area contributed by atoms with Gasteiger partial charge in [-0.3, -0.25) is 9.98 Å². The van der Waals surface area contributed by atoms with Crippen LogP contribution in [0.3, 0.4) is 0 Å². The average molecular weight is 901 g/mol. The SMILES string of the molecule is CC(=NC1=C(C)C=CCC1)c1ccc(-c2ccc3c(-c4ccccc4C4=CCCC=C4)c4cc(-c5ccc(C(C)=Nc6ccccc6C)cc5)ccc4c(-c4ccccc4-c4ccccc4)c3c2)cc1. The third-order valence-corrected chi connectivity index (χ3v) is 14.2. The Morgan fingerprint density at radius 1 is 0.400 bits per heavy atom. The van der Waals surface area contributed by atoms with Gasteiger partial charge in [0.25, 0.3) is 0 Å². The monoisotopic (exact) mass is 900 g/mol. The summed E-state index contributed by atoms with van der Waals surface area (Å²) in [6, 6.07) is 69.4. The highest BCUT2D eigenvalue weighted by atomic mass is 14.8. The van der Waals surface area contributed by atoms with Gasteiger partial charge in [0.1, 0.15) is 0 Å². The van der Waals surface area contributed by atoms with Crippen molar-refractivity contribution in [2.24, 2.45) is 9.98 Å². The molecule has 0 amide bonds. The Morgan fingerprint density at radius 2 is 0.914 bits per heavy atom. The number of hydrogen-bond acceptors (Lipinski definition) is 2. The molecule has 9 aromatic carbocycles. The second-order valence-electron chi connectivity index (χ2n) is 18.8. The van der Waals surface area contributed by atoms with Crippen LogP contribution >= 0.6 is 0 Å². The minimum absolute atomic E-state index is 0.985. The third-order valence-electron chi connectivity index (χ3n) is 14.2. The Labute approximate surface area is 413 Å². The van der Waals surface area contributed by atoms with Crippen molar-refractivity contribution in [3.8, 4) is 55.6 Å². The number of aliphatic imine (C=N–C) groups is 2. The maximum absolute atomic E-state index is 5.10. The summed E-state index contributed by atoms with van der Waals surface area (Å²) < 4.78 is 0. The maximum atomic E-state index is 5.10. The average Bonchev–Trinajstić information content (AvgIpc) is 3.41. The van der Waals surface area contributed by atoms with Crippen LogP contribution in [0.4, 0.5) is 5.69 Å². The van der Waals surface area contributed by atoms with E-state index < -0.39 is 0 Å². The Balaban J connectivity index is 1.14. The lowest BCUT2D eigenvalue weighted by Crippen LogP contribution is -1.98. The number of fused-ring (bicyclic) bond motifs is 2. The van der Waals surface area contributed by atoms with Gasteiger partial charge in [0.2, 0.25) is 0 Å². The van der Waals surface area contributed by atoms with Crippen LogP contribution in [0.5, 0.6) is 0 Å². The standard InChI is InChI=1S/C68H56N2/c1-45-19-11-17-29-65(45)69-47(3)49-31-35-51(36-32-49)55-39-41-61-63(43-55)67(59-27-15-13-25-57(59)53-21-7-5-8-22-53)62-42-40-56(52-37-33-50(34-38-52)48(4)70-66-30-18-12-20-46(66)2)44-64(62)68(61)60-28-16-14-26-58(60)54-23-9-6-10-24-54/h5,7-9,11-16,18-28,30-44H,6,10,17,29H2,1-4H3. The molecule has 0 heterocycles. The van der Waals surface area contributed by atoms with E-state index in [9.17, 15) is 0 Å². The van der Waals surface area contributed by atoms with Gasteiger partial charge in [-0.05, 0) is 182 Å². The molecule has 0 bridgehead atoms. The van der Waals surface area contributed by atoms with Crippen LogP contribution in [0.1, 0.15) is 68.7 Å². The van der Waals surface area contributed by atoms with Crippen LogP contribution in [0, 0.1) is 6.92 Å². The minimum Gasteiger partial charge on any atom is -0.257 e. The van der Waals surface area contributed by atoms with Crippen molar-refractivity contribution in [3.63, 3.8) is 0 Å². The Kier molecular flexibility index (Phi) is 12.3. The van der Waals surface area contributed by atoms with Gasteiger partial charge < -0.3 is 0 Å². The van der Waals surface area contributed by atoms with Crippen molar-refractivity contribution in [3.05, 3.63) is 252 Å². The number of aryl methyl sites for hydroxylation is 1. The van der Waals surface area contributed by atoms with E-state index in [0.717, 1.165) is 53.9 Å². The summed E-state index contributed by atoms with van der Waals surface area (Å²) in [5, 5.41) is 4.89. The highest BCUT2D eigenvalue weighted by Crippen LogP contribution is 2.49. The third kappa shape index (κ3) is 8.74. The van der Waals surface area contributed by atoms with Crippen LogP contribution in [-0.4, -0.2) is 11.4 Å². The zero-order chi connectivity index (χ0) is 47.6. The van der Waals surface area contributed by atoms with E-state index in [4.69, 9.17) is 9.98 Å². The molecular weight excluding hydrogens is 845 g/mol. The number of allylic oxidation sites excluding steroid dienone is 8. The van der Waals surface area contributed by atoms with Gasteiger partial charge in [-0.2, -0.15) is 0 Å². The Bertz CT molecular complexity index is 3650. The summed E-state index contributed by atoms with van der Waals surface area (Å²) in [5.41, 5.74) is 23.5. The van der Waals surface area contributed by atoms with Crippen LogP contribution in [-0.2, 0) is 0 Å². The zero-order valence-electron chi connectivity index (χ0n) is 40.5. The molecule has 0 unspecified atom stereocenters. The van der Waals surface area contributed by atoms with Crippen LogP contribution < -0.4 is 0 Å². The Hall–Kier alpha value is -8.20. The first-order valence-electron chi connectivity index (χ1n) is 24.8. The fourth-order valence-electron chi connectivity index (χ4n) is 10.4. The lowest BCUT2D eigenvalue weighted by molar-refractivity contribution is 0.921. The predicted molar refractivity (Wildman–Crippen MR) is 301 cm³/mol. The molecule has 0 aromatic heterocycles. The summed E-state index contributed by atoms with van der Waals surface area (Å²) in [7, 11) is 0. The number of nitrogens with zero attached hydrogens (tertiary/aromatic N) is 2. The molecule has 2 aliphatic rings. The van der Waals surface area contributed by atoms with E-state index in [2.05, 4.69) is 246 Å². The van der Waals surface area contributed by atoms with E-state index in [1.165, 1.54) is 105 Å². The molecule has 9 aromatic rings. The van der Waals surface area contributed by atoms with Gasteiger partial charge in [-0.1, -0.05) is 200 Å². The summed E-state index contributed by atoms with van der Waals surface area (Å²) in [5.74, 6) is 0. The quantitative estimate of drug-likeness (QED) is 0.0965. The van der Waals surface area contributed by atoms with Crippen molar-refractivity contribution in [2.75, 3.05) is 0 Å². The van der Waals surface area contributed by atoms with E-state index in [1.54, 1.807) is 0 Å². The molecule has 0 N–H and O–H groups in total. The molecule has 2 aliphatic carbocycles. The summed E-state index contributed by atoms with van der Waals surface area (Å²) in [6.07, 6.45) is 15.6. The Morgan fingerprint density at radius 3 is 1.50 bits per heavy atom. The van der Waals surface area contributed by atoms with Gasteiger partial charge in [0, 0.05) is 17.1 Å². The molecule has 0 saturated carbocycles. The van der Waals surface area contributed by atoms with Crippen molar-refractivity contribution in [2.45, 2.75) is 53.4 Å². The summed E-state index contributed by atoms with van der Waals surface area (Å²) >= 11 is 0. The molecule has 11 rings (SSSR count). The normalized spacial score (nSPS) is 14.1. The van der Waals surface area contributed by atoms with E-state index in [0.29, 0.717) is 0 Å². The lowest BCUT2D eigenvalue weighted by atomic mass is 9.80. The second kappa shape index (κ2) is 19.4. The molecule has 2 nitrogen and oxygen atoms in total. The second-order valence-corrected chi connectivity index (χ2v) is 18.8. The number of para-hydroxylation sites is 1. The molecule has 70 heavy (non-hydrogen) atoms. The largest absolute Gasteiger partial charge is 0.257 e. The van der Waals surface area contributed by atoms with E-state index in [-0.39, 0.29) is 0 Å². The van der Waals surface area contributed by atoms with Gasteiger partial charge in [0.05, 0.1) is 5.69 Å². The zero-order valence-corrected chi connectivity index (χ0v) is 40.5. The molecule has 0 fully saturated rings. The molecule has 0 aliphatic heterocycles. The van der Waals surface area contributed by atoms with Crippen LogP contribution in [0.15, 0.2) is 240 Å². The van der Waals surface area contributed by atoms with Crippen molar-refractivity contribution >= 4 is 44.2 Å². The molecule has 0 spiro atoms. The molecule has 2 heteroatoms. The van der Waals surface area contributed by atoms with Crippen molar-refractivity contribution in [1.29, 1.82) is 0 Å². The minimum atomic E-state index is 0.985. The topological polar surface area (TPSA) is 24.7 Å². The van der Waals surface area contributed by atoms with E-state index in [1.807, 2.05) is 0 Å². The van der Waals surface area contributed by atoms with Crippen molar-refractivity contribution < 1.29 is 0 Å². The molecule has 0 saturated heterocycles. The fourth-order valence-corrected chi connectivity index (χ4v) is 10.4. The first-order valence-corrected chi connectivity index (χ1v) is 24.8. The highest BCUT2D eigenvalue weighted by Gasteiger charge is 2.23. The number of rotatable bonds is 10. The first-order chi connectivity index (χ1) is 34.4. The van der Waals surface area contributed by atoms with Gasteiger partial charge >= 0.3 is 0 Å². The van der Waals surface area contributed by atoms with Gasteiger partial charge in [0.15, 0.2) is 0 Å². The summed E-state index contributed by atoms with van der Waals surface area (Å²) in [6.45, 7) is 8.51. The fraction of sp³-hybridized carbons (Fsp3) is 0.118. The number of benzene rings is 9. The first kappa shape index (κ1) is 44.3. The van der Waals surface area contributed by atoms with Crippen LogP contribution in [0.25, 0.3) is 82.8 Å². The van der Waals surface area contributed by atoms with Crippen LogP contribution in [0.2, 0.25) is 0 Å². The van der Waals surface area contributed by atoms with Crippen molar-refractivity contribution in [1.82, 2.24) is 0 Å². The summed E-state index contributed by atoms with van der Waals surface area (Å²) in [4.78, 5) is 10.1. The number of hydrogen-bond donors (Lipinski definition) is 0.